The molecule has 1 aliphatic carbocycles. The van der Waals surface area contributed by atoms with Gasteiger partial charge < -0.3 is 15.6 Å². The van der Waals surface area contributed by atoms with Crippen LogP contribution in [0.2, 0.25) is 0 Å². The van der Waals surface area contributed by atoms with Gasteiger partial charge in [-0.15, -0.1) is 0 Å². The van der Waals surface area contributed by atoms with Gasteiger partial charge in [0, 0.05) is 18.2 Å². The van der Waals surface area contributed by atoms with Crippen molar-refractivity contribution in [3.63, 3.8) is 0 Å². The van der Waals surface area contributed by atoms with Gasteiger partial charge >= 0.3 is 0 Å². The van der Waals surface area contributed by atoms with Crippen LogP contribution >= 0.6 is 0 Å². The van der Waals surface area contributed by atoms with Crippen LogP contribution in [0.25, 0.3) is 0 Å². The normalized spacial score (nSPS) is 18.6. The molecule has 0 atom stereocenters. The highest BCUT2D eigenvalue weighted by atomic mass is 16.5. The molecule has 0 radical (unpaired) electrons. The summed E-state index contributed by atoms with van der Waals surface area (Å²) in [6.45, 7) is 0.513. The van der Waals surface area contributed by atoms with Crippen LogP contribution in [-0.4, -0.2) is 23.1 Å². The lowest BCUT2D eigenvalue weighted by molar-refractivity contribution is 0.0920. The minimum Gasteiger partial charge on any atom is -0.364 e. The van der Waals surface area contributed by atoms with Gasteiger partial charge in [0.2, 0.25) is 0 Å². The second-order valence-corrected chi connectivity index (χ2v) is 3.78. The molecule has 5 nitrogen and oxygen atoms in total. The number of nitrogens with zero attached hydrogens (tertiary/aromatic N) is 1. The third kappa shape index (κ3) is 1.77. The summed E-state index contributed by atoms with van der Waals surface area (Å²) in [6.07, 6.45) is 4.48. The lowest BCUT2D eigenvalue weighted by Crippen LogP contribution is -2.54. The van der Waals surface area contributed by atoms with Gasteiger partial charge in [-0.1, -0.05) is 5.16 Å². The first-order valence-corrected chi connectivity index (χ1v) is 4.67. The van der Waals surface area contributed by atoms with Crippen molar-refractivity contribution in [2.24, 2.45) is 5.73 Å². The van der Waals surface area contributed by atoms with E-state index in [9.17, 15) is 4.79 Å². The zero-order valence-corrected chi connectivity index (χ0v) is 7.82. The van der Waals surface area contributed by atoms with Gasteiger partial charge in [-0.2, -0.15) is 0 Å². The highest BCUT2D eigenvalue weighted by molar-refractivity contribution is 5.91. The molecule has 1 fully saturated rings. The Kier molecular flexibility index (Phi) is 2.25. The Morgan fingerprint density at radius 2 is 2.50 bits per heavy atom. The fraction of sp³-hybridized carbons (Fsp3) is 0.556. The topological polar surface area (TPSA) is 81.1 Å². The summed E-state index contributed by atoms with van der Waals surface area (Å²) in [4.78, 5) is 11.4. The van der Waals surface area contributed by atoms with Crippen LogP contribution in [0, 0.1) is 0 Å². The maximum atomic E-state index is 11.4. The maximum Gasteiger partial charge on any atom is 0.273 e. The average molecular weight is 195 g/mol. The Balaban J connectivity index is 1.84. The van der Waals surface area contributed by atoms with Gasteiger partial charge in [-0.25, -0.2) is 0 Å². The molecule has 1 saturated carbocycles. The summed E-state index contributed by atoms with van der Waals surface area (Å²) in [5, 5.41) is 6.27. The van der Waals surface area contributed by atoms with Gasteiger partial charge in [-0.3, -0.25) is 4.79 Å². The van der Waals surface area contributed by atoms with Crippen LogP contribution in [0.5, 0.6) is 0 Å². The summed E-state index contributed by atoms with van der Waals surface area (Å²) in [7, 11) is 0. The van der Waals surface area contributed by atoms with E-state index in [1.165, 1.54) is 12.3 Å². The van der Waals surface area contributed by atoms with E-state index in [4.69, 9.17) is 5.73 Å². The number of hydrogen-bond acceptors (Lipinski definition) is 4. The molecule has 3 N–H and O–H groups in total. The molecule has 0 aliphatic heterocycles. The predicted molar refractivity (Wildman–Crippen MR) is 49.6 cm³/mol. The van der Waals surface area contributed by atoms with Crippen molar-refractivity contribution < 1.29 is 9.32 Å². The Hall–Kier alpha value is -1.36. The molecule has 1 aromatic rings. The molecule has 1 heterocycles. The summed E-state index contributed by atoms with van der Waals surface area (Å²) < 4.78 is 4.57. The smallest absolute Gasteiger partial charge is 0.273 e. The van der Waals surface area contributed by atoms with Crippen LogP contribution in [-0.2, 0) is 0 Å². The maximum absolute atomic E-state index is 11.4. The van der Waals surface area contributed by atoms with Crippen LogP contribution < -0.4 is 11.1 Å². The summed E-state index contributed by atoms with van der Waals surface area (Å²) in [6, 6.07) is 1.53. The molecule has 1 aromatic heterocycles. The summed E-state index contributed by atoms with van der Waals surface area (Å²) >= 11 is 0. The van der Waals surface area contributed by atoms with Crippen molar-refractivity contribution in [3.8, 4) is 0 Å². The Labute approximate surface area is 81.6 Å². The van der Waals surface area contributed by atoms with E-state index in [1.807, 2.05) is 0 Å². The number of nitrogens with one attached hydrogen (secondary N) is 1. The van der Waals surface area contributed by atoms with Crippen LogP contribution in [0.4, 0.5) is 0 Å². The van der Waals surface area contributed by atoms with E-state index in [2.05, 4.69) is 15.0 Å². The van der Waals surface area contributed by atoms with Gasteiger partial charge in [0.25, 0.3) is 5.91 Å². The molecule has 2 rings (SSSR count). The fourth-order valence-electron chi connectivity index (χ4n) is 1.48. The fourth-order valence-corrected chi connectivity index (χ4v) is 1.48. The first-order valence-electron chi connectivity index (χ1n) is 4.67. The van der Waals surface area contributed by atoms with Gasteiger partial charge in [0.05, 0.1) is 0 Å². The first kappa shape index (κ1) is 9.21. The van der Waals surface area contributed by atoms with Gasteiger partial charge in [-0.05, 0) is 19.3 Å². The molecule has 76 valence electrons. The van der Waals surface area contributed by atoms with Crippen molar-refractivity contribution in [2.45, 2.75) is 24.8 Å². The summed E-state index contributed by atoms with van der Waals surface area (Å²) in [5.74, 6) is -0.226. The van der Waals surface area contributed by atoms with Crippen LogP contribution in [0.1, 0.15) is 29.8 Å². The molecule has 0 aromatic carbocycles. The molecule has 0 unspecified atom stereocenters. The van der Waals surface area contributed by atoms with E-state index in [-0.39, 0.29) is 11.4 Å². The number of hydrogen-bond donors (Lipinski definition) is 2. The highest BCUT2D eigenvalue weighted by Crippen LogP contribution is 2.28. The number of carbonyl (C=O) groups is 1. The second-order valence-electron chi connectivity index (χ2n) is 3.78. The zero-order valence-electron chi connectivity index (χ0n) is 7.82. The molecule has 5 heteroatoms. The lowest BCUT2D eigenvalue weighted by Gasteiger charge is -2.37. The van der Waals surface area contributed by atoms with Crippen molar-refractivity contribution in [3.05, 3.63) is 18.0 Å². The molecular weight excluding hydrogens is 182 g/mol. The first-order chi connectivity index (χ1) is 6.70. The quantitative estimate of drug-likeness (QED) is 0.726. The van der Waals surface area contributed by atoms with Crippen molar-refractivity contribution in [1.29, 1.82) is 0 Å². The number of rotatable bonds is 3. The second kappa shape index (κ2) is 3.42. The molecule has 14 heavy (non-hydrogen) atoms. The van der Waals surface area contributed by atoms with Crippen LogP contribution in [0.15, 0.2) is 16.9 Å². The SMILES string of the molecule is NC1(CNC(=O)c2ccon2)CCC1. The average Bonchev–Trinajstić information content (AvgIpc) is 2.63. The lowest BCUT2D eigenvalue weighted by atomic mass is 9.78. The number of carbonyl (C=O) groups excluding carboxylic acids is 1. The Morgan fingerprint density at radius 3 is 3.00 bits per heavy atom. The number of amides is 1. The Bertz CT molecular complexity index is 317. The van der Waals surface area contributed by atoms with Crippen molar-refractivity contribution in [1.82, 2.24) is 10.5 Å². The molecule has 0 bridgehead atoms. The van der Waals surface area contributed by atoms with Crippen LogP contribution in [0.3, 0.4) is 0 Å². The molecule has 0 spiro atoms. The van der Waals surface area contributed by atoms with E-state index in [0.717, 1.165) is 19.3 Å². The number of nitrogens with two attached hydrogens (primary N) is 1. The molecule has 1 aliphatic rings. The van der Waals surface area contributed by atoms with E-state index >= 15 is 0 Å². The third-order valence-electron chi connectivity index (χ3n) is 2.62. The Morgan fingerprint density at radius 1 is 1.71 bits per heavy atom. The largest absolute Gasteiger partial charge is 0.364 e. The molecular formula is C9H13N3O2. The minimum atomic E-state index is -0.226. The minimum absolute atomic E-state index is 0.195. The standard InChI is InChI=1S/C9H13N3O2/c10-9(3-1-4-9)6-11-8(13)7-2-5-14-12-7/h2,5H,1,3-4,6,10H2,(H,11,13). The predicted octanol–water partition coefficient (Wildman–Crippen LogP) is 0.286. The molecule has 1 amide bonds. The number of aromatic nitrogens is 1. The van der Waals surface area contributed by atoms with Crippen molar-refractivity contribution in [2.75, 3.05) is 6.54 Å². The van der Waals surface area contributed by atoms with E-state index in [1.54, 1.807) is 0 Å². The third-order valence-corrected chi connectivity index (χ3v) is 2.62. The molecule has 0 saturated heterocycles. The van der Waals surface area contributed by atoms with Gasteiger partial charge in [0.15, 0.2) is 5.69 Å². The monoisotopic (exact) mass is 195 g/mol. The summed E-state index contributed by atoms with van der Waals surface area (Å²) in [5.41, 5.74) is 6.05. The highest BCUT2D eigenvalue weighted by Gasteiger charge is 2.32. The van der Waals surface area contributed by atoms with E-state index < -0.39 is 0 Å². The van der Waals surface area contributed by atoms with Crippen molar-refractivity contribution >= 4 is 5.91 Å². The van der Waals surface area contributed by atoms with Gasteiger partial charge in [0.1, 0.15) is 6.26 Å². The van der Waals surface area contributed by atoms with E-state index in [0.29, 0.717) is 12.2 Å². The zero-order chi connectivity index (χ0) is 10.0.